The van der Waals surface area contributed by atoms with Crippen molar-refractivity contribution < 1.29 is 4.74 Å². The molecule has 0 spiro atoms. The summed E-state index contributed by atoms with van der Waals surface area (Å²) in [6.07, 6.45) is 11.5. The van der Waals surface area contributed by atoms with E-state index in [2.05, 4.69) is 5.32 Å². The highest BCUT2D eigenvalue weighted by Gasteiger charge is 2.17. The summed E-state index contributed by atoms with van der Waals surface area (Å²) in [5.74, 6) is 0.828. The Bertz CT molecular complexity index is 158. The minimum Gasteiger partial charge on any atom is -0.378 e. The molecule has 2 aliphatic rings. The topological polar surface area (TPSA) is 21.3 Å². The Labute approximate surface area is 93.8 Å². The Morgan fingerprint density at radius 1 is 0.867 bits per heavy atom. The summed E-state index contributed by atoms with van der Waals surface area (Å²) < 4.78 is 6.07. The minimum atomic E-state index is 0.586. The maximum atomic E-state index is 6.07. The van der Waals surface area contributed by atoms with Crippen LogP contribution in [0.5, 0.6) is 0 Å². The molecule has 1 saturated heterocycles. The zero-order valence-corrected chi connectivity index (χ0v) is 9.84. The van der Waals surface area contributed by atoms with Crippen molar-refractivity contribution in [3.05, 3.63) is 0 Å². The third-order valence-corrected chi connectivity index (χ3v) is 3.83. The van der Waals surface area contributed by atoms with Gasteiger partial charge in [0, 0.05) is 6.61 Å². The first kappa shape index (κ1) is 11.4. The molecule has 88 valence electrons. The summed E-state index contributed by atoms with van der Waals surface area (Å²) in [6, 6.07) is 0. The average Bonchev–Trinajstić information content (AvgIpc) is 2.56. The van der Waals surface area contributed by atoms with Crippen LogP contribution < -0.4 is 5.32 Å². The molecule has 1 N–H and O–H groups in total. The van der Waals surface area contributed by atoms with Crippen molar-refractivity contribution in [1.82, 2.24) is 5.32 Å². The lowest BCUT2D eigenvalue weighted by Gasteiger charge is -2.25. The molecule has 0 amide bonds. The van der Waals surface area contributed by atoms with E-state index >= 15 is 0 Å². The van der Waals surface area contributed by atoms with E-state index in [1.807, 2.05) is 0 Å². The van der Waals surface area contributed by atoms with Gasteiger partial charge in [-0.25, -0.2) is 0 Å². The molecule has 1 aliphatic carbocycles. The van der Waals surface area contributed by atoms with Gasteiger partial charge in [0.05, 0.1) is 6.10 Å². The molecule has 0 aromatic heterocycles. The molecule has 1 aliphatic heterocycles. The van der Waals surface area contributed by atoms with E-state index in [1.54, 1.807) is 0 Å². The molecule has 0 bridgehead atoms. The van der Waals surface area contributed by atoms with Gasteiger partial charge in [0.1, 0.15) is 0 Å². The summed E-state index contributed by atoms with van der Waals surface area (Å²) in [5.41, 5.74) is 0. The highest BCUT2D eigenvalue weighted by atomic mass is 16.5. The predicted molar refractivity (Wildman–Crippen MR) is 63.0 cm³/mol. The number of hydrogen-bond acceptors (Lipinski definition) is 2. The van der Waals surface area contributed by atoms with Gasteiger partial charge >= 0.3 is 0 Å². The van der Waals surface area contributed by atoms with Crippen LogP contribution in [0.4, 0.5) is 0 Å². The molecular weight excluding hydrogens is 186 g/mol. The van der Waals surface area contributed by atoms with Gasteiger partial charge in [-0.3, -0.25) is 0 Å². The fourth-order valence-electron chi connectivity index (χ4n) is 2.73. The fourth-order valence-corrected chi connectivity index (χ4v) is 2.73. The molecule has 2 nitrogen and oxygen atoms in total. The van der Waals surface area contributed by atoms with Crippen molar-refractivity contribution in [3.8, 4) is 0 Å². The van der Waals surface area contributed by atoms with Crippen LogP contribution in [0.3, 0.4) is 0 Å². The smallest absolute Gasteiger partial charge is 0.0575 e. The lowest BCUT2D eigenvalue weighted by atomic mass is 9.99. The number of nitrogens with one attached hydrogen (secondary N) is 1. The lowest BCUT2D eigenvalue weighted by Crippen LogP contribution is -2.31. The van der Waals surface area contributed by atoms with E-state index in [4.69, 9.17) is 4.74 Å². The van der Waals surface area contributed by atoms with Gasteiger partial charge in [-0.2, -0.15) is 0 Å². The maximum absolute atomic E-state index is 6.07. The molecule has 0 atom stereocenters. The zero-order chi connectivity index (χ0) is 10.3. The molecule has 0 aromatic rings. The summed E-state index contributed by atoms with van der Waals surface area (Å²) in [6.45, 7) is 3.41. The van der Waals surface area contributed by atoms with Crippen LogP contribution in [0, 0.1) is 5.92 Å². The van der Waals surface area contributed by atoms with E-state index in [9.17, 15) is 0 Å². The molecule has 2 heteroatoms. The standard InChI is InChI=1S/C13H25NO/c1-2-4-6-13(5-3-1)15-11-12-7-9-14-10-8-12/h12-14H,1-11H2. The van der Waals surface area contributed by atoms with Gasteiger partial charge in [-0.15, -0.1) is 0 Å². The van der Waals surface area contributed by atoms with E-state index in [0.717, 1.165) is 12.5 Å². The molecule has 2 fully saturated rings. The predicted octanol–water partition coefficient (Wildman–Crippen LogP) is 2.73. The summed E-state index contributed by atoms with van der Waals surface area (Å²) in [7, 11) is 0. The van der Waals surface area contributed by atoms with Crippen LogP contribution >= 0.6 is 0 Å². The molecule has 1 saturated carbocycles. The Morgan fingerprint density at radius 3 is 2.20 bits per heavy atom. The first-order valence-corrected chi connectivity index (χ1v) is 6.77. The third-order valence-electron chi connectivity index (χ3n) is 3.83. The van der Waals surface area contributed by atoms with Crippen molar-refractivity contribution in [3.63, 3.8) is 0 Å². The van der Waals surface area contributed by atoms with E-state index in [-0.39, 0.29) is 0 Å². The molecule has 0 radical (unpaired) electrons. The number of ether oxygens (including phenoxy) is 1. The van der Waals surface area contributed by atoms with E-state index in [0.29, 0.717) is 6.10 Å². The Hall–Kier alpha value is -0.0800. The second-order valence-electron chi connectivity index (χ2n) is 5.14. The maximum Gasteiger partial charge on any atom is 0.0575 e. The second kappa shape index (κ2) is 6.49. The first-order chi connectivity index (χ1) is 7.45. The van der Waals surface area contributed by atoms with Crippen molar-refractivity contribution >= 4 is 0 Å². The van der Waals surface area contributed by atoms with Crippen molar-refractivity contribution in [2.45, 2.75) is 57.5 Å². The monoisotopic (exact) mass is 211 g/mol. The largest absolute Gasteiger partial charge is 0.378 e. The van der Waals surface area contributed by atoms with Crippen LogP contribution in [-0.2, 0) is 4.74 Å². The first-order valence-electron chi connectivity index (χ1n) is 6.77. The summed E-state index contributed by atoms with van der Waals surface area (Å²) in [5, 5.41) is 3.41. The second-order valence-corrected chi connectivity index (χ2v) is 5.14. The zero-order valence-electron chi connectivity index (χ0n) is 9.84. The van der Waals surface area contributed by atoms with Crippen molar-refractivity contribution in [2.24, 2.45) is 5.92 Å². The highest BCUT2D eigenvalue weighted by Crippen LogP contribution is 2.21. The Balaban J connectivity index is 1.62. The number of piperidine rings is 1. The van der Waals surface area contributed by atoms with Crippen LogP contribution in [0.2, 0.25) is 0 Å². The van der Waals surface area contributed by atoms with Gasteiger partial charge in [0.25, 0.3) is 0 Å². The fraction of sp³-hybridized carbons (Fsp3) is 1.00. The number of rotatable bonds is 3. The number of hydrogen-bond donors (Lipinski definition) is 1. The average molecular weight is 211 g/mol. The van der Waals surface area contributed by atoms with E-state index < -0.39 is 0 Å². The van der Waals surface area contributed by atoms with Crippen molar-refractivity contribution in [2.75, 3.05) is 19.7 Å². The third kappa shape index (κ3) is 4.12. The quantitative estimate of drug-likeness (QED) is 0.725. The van der Waals surface area contributed by atoms with E-state index in [1.165, 1.54) is 64.5 Å². The van der Waals surface area contributed by atoms with Crippen LogP contribution in [0.1, 0.15) is 51.4 Å². The van der Waals surface area contributed by atoms with Crippen molar-refractivity contribution in [1.29, 1.82) is 0 Å². The Morgan fingerprint density at radius 2 is 1.53 bits per heavy atom. The van der Waals surface area contributed by atoms with Gasteiger partial charge < -0.3 is 10.1 Å². The molecule has 2 rings (SSSR count). The highest BCUT2D eigenvalue weighted by molar-refractivity contribution is 4.70. The summed E-state index contributed by atoms with van der Waals surface area (Å²) in [4.78, 5) is 0. The van der Waals surface area contributed by atoms with Gasteiger partial charge in [0.2, 0.25) is 0 Å². The Kier molecular flexibility index (Phi) is 4.94. The van der Waals surface area contributed by atoms with Gasteiger partial charge in [0.15, 0.2) is 0 Å². The van der Waals surface area contributed by atoms with Crippen LogP contribution in [0.15, 0.2) is 0 Å². The molecular formula is C13H25NO. The normalized spacial score (nSPS) is 26.4. The molecule has 15 heavy (non-hydrogen) atoms. The summed E-state index contributed by atoms with van der Waals surface area (Å²) >= 11 is 0. The lowest BCUT2D eigenvalue weighted by molar-refractivity contribution is 0.0143. The minimum absolute atomic E-state index is 0.586. The SMILES string of the molecule is C1CCCC(OCC2CCNCC2)CC1. The van der Waals surface area contributed by atoms with Gasteiger partial charge in [-0.1, -0.05) is 25.7 Å². The molecule has 0 aromatic carbocycles. The van der Waals surface area contributed by atoms with Gasteiger partial charge in [-0.05, 0) is 44.7 Å². The van der Waals surface area contributed by atoms with Crippen LogP contribution in [0.25, 0.3) is 0 Å². The van der Waals surface area contributed by atoms with Crippen LogP contribution in [-0.4, -0.2) is 25.8 Å². The molecule has 0 unspecified atom stereocenters. The molecule has 1 heterocycles.